The van der Waals surface area contributed by atoms with Gasteiger partial charge in [0.1, 0.15) is 10.6 Å². The Kier molecular flexibility index (Phi) is 5.09. The van der Waals surface area contributed by atoms with Gasteiger partial charge >= 0.3 is 0 Å². The maximum absolute atomic E-state index is 12.1. The van der Waals surface area contributed by atoms with E-state index in [2.05, 4.69) is 25.9 Å². The molecule has 4 rings (SSSR count). The highest BCUT2D eigenvalue weighted by Crippen LogP contribution is 2.33. The summed E-state index contributed by atoms with van der Waals surface area (Å²) < 4.78 is 6.11. The third-order valence-electron chi connectivity index (χ3n) is 4.00. The van der Waals surface area contributed by atoms with Gasteiger partial charge in [0.25, 0.3) is 5.91 Å². The number of rotatable bonds is 6. The molecule has 0 radical (unpaired) electrons. The van der Waals surface area contributed by atoms with Crippen molar-refractivity contribution in [2.45, 2.75) is 0 Å². The van der Waals surface area contributed by atoms with Crippen molar-refractivity contribution in [3.63, 3.8) is 0 Å². The Morgan fingerprint density at radius 1 is 1.00 bits per heavy atom. The number of nitrogens with one attached hydrogen (secondary N) is 3. The Bertz CT molecular complexity index is 1120. The molecule has 0 fully saturated rings. The van der Waals surface area contributed by atoms with Crippen LogP contribution in [-0.4, -0.2) is 30.0 Å². The van der Waals surface area contributed by atoms with Gasteiger partial charge in [0.2, 0.25) is 5.95 Å². The second kappa shape index (κ2) is 7.83. The normalized spacial score (nSPS) is 10.6. The Morgan fingerprint density at radius 2 is 1.79 bits per heavy atom. The Morgan fingerprint density at radius 3 is 2.54 bits per heavy atom. The topological polar surface area (TPSA) is 88.2 Å². The molecule has 3 heterocycles. The summed E-state index contributed by atoms with van der Waals surface area (Å²) in [6.45, 7) is 0. The Balaban J connectivity index is 1.67. The first-order valence-electron chi connectivity index (χ1n) is 8.41. The lowest BCUT2D eigenvalue weighted by Crippen LogP contribution is -2.17. The molecular formula is C19H17N5O2S2. The predicted octanol–water partition coefficient (Wildman–Crippen LogP) is 4.61. The van der Waals surface area contributed by atoms with Crippen molar-refractivity contribution in [3.8, 4) is 5.75 Å². The van der Waals surface area contributed by atoms with Crippen molar-refractivity contribution in [1.29, 1.82) is 0 Å². The quantitative estimate of drug-likeness (QED) is 0.429. The zero-order chi connectivity index (χ0) is 19.5. The number of thiophene rings is 2. The van der Waals surface area contributed by atoms with Crippen LogP contribution in [0.1, 0.15) is 9.67 Å². The number of aromatic nitrogens is 2. The molecular weight excluding hydrogens is 394 g/mol. The molecule has 28 heavy (non-hydrogen) atoms. The van der Waals surface area contributed by atoms with Gasteiger partial charge in [0, 0.05) is 12.7 Å². The molecule has 0 bridgehead atoms. The van der Waals surface area contributed by atoms with Crippen LogP contribution < -0.4 is 20.7 Å². The molecule has 4 aromatic rings. The highest BCUT2D eigenvalue weighted by Gasteiger charge is 2.15. The van der Waals surface area contributed by atoms with Crippen LogP contribution in [0.15, 0.2) is 47.2 Å². The van der Waals surface area contributed by atoms with E-state index in [9.17, 15) is 4.79 Å². The fraction of sp³-hybridized carbons (Fsp3) is 0.105. The van der Waals surface area contributed by atoms with Gasteiger partial charge in [-0.1, -0.05) is 0 Å². The highest BCUT2D eigenvalue weighted by molar-refractivity contribution is 7.17. The largest absolute Gasteiger partial charge is 0.497 e. The summed E-state index contributed by atoms with van der Waals surface area (Å²) in [5.41, 5.74) is 2.39. The average Bonchev–Trinajstić information content (AvgIpc) is 3.37. The van der Waals surface area contributed by atoms with Crippen LogP contribution in [0.2, 0.25) is 0 Å². The van der Waals surface area contributed by atoms with E-state index in [-0.39, 0.29) is 5.91 Å². The second-order valence-electron chi connectivity index (χ2n) is 5.75. The second-order valence-corrected chi connectivity index (χ2v) is 7.58. The van der Waals surface area contributed by atoms with Gasteiger partial charge in [0.05, 0.1) is 23.0 Å². The van der Waals surface area contributed by atoms with Gasteiger partial charge in [-0.15, -0.1) is 22.7 Å². The van der Waals surface area contributed by atoms with Gasteiger partial charge < -0.3 is 20.7 Å². The van der Waals surface area contributed by atoms with E-state index < -0.39 is 0 Å². The maximum atomic E-state index is 12.1. The third kappa shape index (κ3) is 3.62. The first-order chi connectivity index (χ1) is 13.7. The van der Waals surface area contributed by atoms with Crippen LogP contribution >= 0.6 is 22.7 Å². The average molecular weight is 412 g/mol. The molecule has 0 aliphatic carbocycles. The number of amides is 1. The minimum absolute atomic E-state index is 0.134. The molecule has 0 aliphatic heterocycles. The van der Waals surface area contributed by atoms with Crippen molar-refractivity contribution in [2.75, 3.05) is 24.8 Å². The van der Waals surface area contributed by atoms with E-state index >= 15 is 0 Å². The molecule has 3 aromatic heterocycles. The molecule has 0 saturated carbocycles. The van der Waals surface area contributed by atoms with Crippen molar-refractivity contribution in [2.24, 2.45) is 0 Å². The van der Waals surface area contributed by atoms with E-state index in [0.717, 1.165) is 21.7 Å². The molecule has 0 saturated heterocycles. The predicted molar refractivity (Wildman–Crippen MR) is 115 cm³/mol. The van der Waals surface area contributed by atoms with Gasteiger partial charge in [-0.25, -0.2) is 4.98 Å². The fourth-order valence-electron chi connectivity index (χ4n) is 2.63. The lowest BCUT2D eigenvalue weighted by Gasteiger charge is -2.11. The zero-order valence-corrected chi connectivity index (χ0v) is 16.8. The first kappa shape index (κ1) is 18.2. The standard InChI is InChI=1S/C19H17N5O2S2/c1-20-18(25)16-14(8-10-28-16)22-17-15-13(7-9-27-15)23-19(24-17)21-11-3-5-12(26-2)6-4-11/h3-10H,1-2H3,(H,20,25)(H2,21,22,23,24). The molecule has 3 N–H and O–H groups in total. The molecule has 0 unspecified atom stereocenters. The first-order valence-corrected chi connectivity index (χ1v) is 10.2. The molecule has 142 valence electrons. The van der Waals surface area contributed by atoms with Crippen LogP contribution in [0, 0.1) is 0 Å². The molecule has 0 aliphatic rings. The number of methoxy groups -OCH3 is 1. The summed E-state index contributed by atoms with van der Waals surface area (Å²) in [6, 6.07) is 11.3. The number of benzene rings is 1. The number of hydrogen-bond acceptors (Lipinski definition) is 8. The summed E-state index contributed by atoms with van der Waals surface area (Å²) in [4.78, 5) is 21.9. The van der Waals surface area contributed by atoms with Crippen LogP contribution in [0.3, 0.4) is 0 Å². The van der Waals surface area contributed by atoms with Crippen LogP contribution in [0.25, 0.3) is 10.2 Å². The van der Waals surface area contributed by atoms with Gasteiger partial charge in [-0.3, -0.25) is 4.79 Å². The van der Waals surface area contributed by atoms with Crippen molar-refractivity contribution in [1.82, 2.24) is 15.3 Å². The van der Waals surface area contributed by atoms with Crippen molar-refractivity contribution >= 4 is 61.9 Å². The Labute approximate surface area is 169 Å². The molecule has 9 heteroatoms. The summed E-state index contributed by atoms with van der Waals surface area (Å²) in [5.74, 6) is 1.77. The Hall–Kier alpha value is -3.17. The van der Waals surface area contributed by atoms with Crippen molar-refractivity contribution < 1.29 is 9.53 Å². The van der Waals surface area contributed by atoms with E-state index in [1.165, 1.54) is 11.3 Å². The lowest BCUT2D eigenvalue weighted by molar-refractivity contribution is 0.0968. The van der Waals surface area contributed by atoms with E-state index in [0.29, 0.717) is 22.3 Å². The van der Waals surface area contributed by atoms with Crippen LogP contribution in [0.5, 0.6) is 5.75 Å². The number of ether oxygens (including phenoxy) is 1. The number of nitrogens with zero attached hydrogens (tertiary/aromatic N) is 2. The number of carbonyl (C=O) groups excluding carboxylic acids is 1. The minimum Gasteiger partial charge on any atom is -0.497 e. The van der Waals surface area contributed by atoms with E-state index in [1.54, 1.807) is 25.5 Å². The van der Waals surface area contributed by atoms with E-state index in [4.69, 9.17) is 4.74 Å². The summed E-state index contributed by atoms with van der Waals surface area (Å²) in [6.07, 6.45) is 0. The summed E-state index contributed by atoms with van der Waals surface area (Å²) >= 11 is 2.92. The highest BCUT2D eigenvalue weighted by atomic mass is 32.1. The third-order valence-corrected chi connectivity index (χ3v) is 5.82. The minimum atomic E-state index is -0.134. The van der Waals surface area contributed by atoms with Gasteiger partial charge in [0.15, 0.2) is 5.82 Å². The van der Waals surface area contributed by atoms with E-state index in [1.807, 2.05) is 47.2 Å². The summed E-state index contributed by atoms with van der Waals surface area (Å²) in [5, 5.41) is 13.0. The van der Waals surface area contributed by atoms with Gasteiger partial charge in [-0.05, 0) is 47.2 Å². The lowest BCUT2D eigenvalue weighted by atomic mass is 10.3. The fourth-order valence-corrected chi connectivity index (χ4v) is 4.20. The number of carbonyl (C=O) groups is 1. The smallest absolute Gasteiger partial charge is 0.263 e. The maximum Gasteiger partial charge on any atom is 0.263 e. The monoisotopic (exact) mass is 411 g/mol. The molecule has 1 amide bonds. The molecule has 1 aromatic carbocycles. The SMILES string of the molecule is CNC(=O)c1sccc1Nc1nc(Nc2ccc(OC)cc2)nc2ccsc12. The summed E-state index contributed by atoms with van der Waals surface area (Å²) in [7, 11) is 3.25. The number of fused-ring (bicyclic) bond motifs is 1. The molecule has 0 atom stereocenters. The van der Waals surface area contributed by atoms with Crippen LogP contribution in [0.4, 0.5) is 23.1 Å². The van der Waals surface area contributed by atoms with Gasteiger partial charge in [-0.2, -0.15) is 4.98 Å². The van der Waals surface area contributed by atoms with Crippen molar-refractivity contribution in [3.05, 3.63) is 52.0 Å². The number of anilines is 4. The number of hydrogen-bond donors (Lipinski definition) is 3. The van der Waals surface area contributed by atoms with Crippen LogP contribution in [-0.2, 0) is 0 Å². The zero-order valence-electron chi connectivity index (χ0n) is 15.1. The molecule has 0 spiro atoms. The molecule has 7 nitrogen and oxygen atoms in total.